The van der Waals surface area contributed by atoms with Crippen molar-refractivity contribution in [3.05, 3.63) is 78.1 Å². The number of para-hydroxylation sites is 1. The van der Waals surface area contributed by atoms with E-state index in [4.69, 9.17) is 14.6 Å². The number of aliphatic hydroxyl groups excluding tert-OH is 1. The van der Waals surface area contributed by atoms with Gasteiger partial charge in [-0.3, -0.25) is 9.59 Å². The first kappa shape index (κ1) is 25.3. The topological polar surface area (TPSA) is 91.3 Å². The fourth-order valence-corrected chi connectivity index (χ4v) is 5.54. The first-order valence-corrected chi connectivity index (χ1v) is 13.2. The van der Waals surface area contributed by atoms with E-state index in [0.717, 1.165) is 17.7 Å². The average Bonchev–Trinajstić information content (AvgIpc) is 3.26. The predicted molar refractivity (Wildman–Crippen MR) is 140 cm³/mol. The number of unbranched alkanes of at least 4 members (excludes halogenated alkanes) is 1. The third-order valence-corrected chi connectivity index (χ3v) is 7.63. The Morgan fingerprint density at radius 3 is 2.46 bits per heavy atom. The molecule has 196 valence electrons. The van der Waals surface area contributed by atoms with Gasteiger partial charge in [-0.2, -0.15) is 0 Å². The second-order valence-electron chi connectivity index (χ2n) is 9.88. The average molecular weight is 506 g/mol. The predicted octanol–water partition coefficient (Wildman–Crippen LogP) is 3.14. The molecular weight excluding hydrogens is 470 g/mol. The van der Waals surface area contributed by atoms with E-state index in [1.165, 1.54) is 0 Å². The largest absolute Gasteiger partial charge is 0.459 e. The van der Waals surface area contributed by atoms with E-state index in [9.17, 15) is 9.59 Å². The van der Waals surface area contributed by atoms with Gasteiger partial charge < -0.3 is 29.7 Å². The van der Waals surface area contributed by atoms with Crippen molar-refractivity contribution in [1.29, 1.82) is 0 Å². The SMILES string of the molecule is O=C(C1=C[C@H](c2ccccc2)C[C@H](OCCCCO)O1)N1CCC2(CC1)C(=O)NCN2c1ccccc1. The second kappa shape index (κ2) is 11.4. The Bertz CT molecular complexity index is 1100. The molecular formula is C29H35N3O5. The van der Waals surface area contributed by atoms with Crippen LogP contribution in [0.1, 0.15) is 43.6 Å². The molecule has 0 bridgehead atoms. The first-order chi connectivity index (χ1) is 18.1. The number of amides is 2. The highest BCUT2D eigenvalue weighted by Gasteiger charge is 2.51. The van der Waals surface area contributed by atoms with Gasteiger partial charge in [-0.25, -0.2) is 0 Å². The van der Waals surface area contributed by atoms with Gasteiger partial charge in [0, 0.05) is 37.7 Å². The number of carbonyl (C=O) groups excluding carboxylic acids is 2. The van der Waals surface area contributed by atoms with Gasteiger partial charge in [0.15, 0.2) is 5.76 Å². The number of carbonyl (C=O) groups is 2. The minimum Gasteiger partial charge on any atom is -0.459 e. The van der Waals surface area contributed by atoms with E-state index in [0.29, 0.717) is 57.8 Å². The van der Waals surface area contributed by atoms with Crippen LogP contribution in [0.4, 0.5) is 5.69 Å². The smallest absolute Gasteiger partial charge is 0.288 e. The highest BCUT2D eigenvalue weighted by Crippen LogP contribution is 2.37. The number of likely N-dealkylation sites (tertiary alicyclic amines) is 1. The minimum atomic E-state index is -0.648. The Balaban J connectivity index is 1.29. The highest BCUT2D eigenvalue weighted by atomic mass is 16.7. The molecule has 2 aromatic rings. The van der Waals surface area contributed by atoms with E-state index >= 15 is 0 Å². The van der Waals surface area contributed by atoms with E-state index in [1.54, 1.807) is 4.90 Å². The summed E-state index contributed by atoms with van der Waals surface area (Å²) in [4.78, 5) is 30.5. The van der Waals surface area contributed by atoms with Gasteiger partial charge in [-0.15, -0.1) is 0 Å². The van der Waals surface area contributed by atoms with E-state index < -0.39 is 11.8 Å². The van der Waals surface area contributed by atoms with Crippen LogP contribution in [-0.2, 0) is 19.1 Å². The van der Waals surface area contributed by atoms with Crippen molar-refractivity contribution < 1.29 is 24.2 Å². The molecule has 3 aliphatic heterocycles. The molecule has 8 nitrogen and oxygen atoms in total. The maximum Gasteiger partial charge on any atom is 0.288 e. The molecule has 0 saturated carbocycles. The van der Waals surface area contributed by atoms with Crippen molar-refractivity contribution in [1.82, 2.24) is 10.2 Å². The van der Waals surface area contributed by atoms with Crippen LogP contribution in [-0.4, -0.2) is 66.6 Å². The number of rotatable bonds is 8. The molecule has 1 spiro atoms. The van der Waals surface area contributed by atoms with Crippen LogP contribution >= 0.6 is 0 Å². The third-order valence-electron chi connectivity index (χ3n) is 7.63. The zero-order chi connectivity index (χ0) is 25.7. The number of allylic oxidation sites excluding steroid dienone is 1. The Labute approximate surface area is 217 Å². The Morgan fingerprint density at radius 2 is 1.76 bits per heavy atom. The summed E-state index contributed by atoms with van der Waals surface area (Å²) in [5.41, 5.74) is 1.47. The minimum absolute atomic E-state index is 0.00190. The van der Waals surface area contributed by atoms with Gasteiger partial charge in [-0.05, 0) is 49.5 Å². The number of nitrogens with zero attached hydrogens (tertiary/aromatic N) is 2. The first-order valence-electron chi connectivity index (χ1n) is 13.2. The molecule has 2 saturated heterocycles. The van der Waals surface area contributed by atoms with Crippen molar-refractivity contribution in [3.63, 3.8) is 0 Å². The molecule has 0 aromatic heterocycles. The fourth-order valence-electron chi connectivity index (χ4n) is 5.54. The Morgan fingerprint density at radius 1 is 1.05 bits per heavy atom. The van der Waals surface area contributed by atoms with Crippen LogP contribution in [0, 0.1) is 0 Å². The Kier molecular flexibility index (Phi) is 7.76. The van der Waals surface area contributed by atoms with Crippen LogP contribution in [0.3, 0.4) is 0 Å². The van der Waals surface area contributed by atoms with Crippen LogP contribution in [0.25, 0.3) is 0 Å². The number of ether oxygens (including phenoxy) is 2. The summed E-state index contributed by atoms with van der Waals surface area (Å²) < 4.78 is 12.0. The zero-order valence-electron chi connectivity index (χ0n) is 21.1. The third kappa shape index (κ3) is 5.36. The van der Waals surface area contributed by atoms with Crippen molar-refractivity contribution in [2.24, 2.45) is 0 Å². The number of hydrogen-bond donors (Lipinski definition) is 2. The molecule has 2 aromatic carbocycles. The summed E-state index contributed by atoms with van der Waals surface area (Å²) in [5, 5.41) is 12.1. The summed E-state index contributed by atoms with van der Waals surface area (Å²) >= 11 is 0. The number of aliphatic hydroxyl groups is 1. The zero-order valence-corrected chi connectivity index (χ0v) is 21.1. The summed E-state index contributed by atoms with van der Waals surface area (Å²) in [6.07, 6.45) is 4.50. The lowest BCUT2D eigenvalue weighted by Crippen LogP contribution is -2.57. The molecule has 3 aliphatic rings. The standard InChI is InChI=1S/C29H35N3O5/c33-17-7-8-18-36-26-20-23(22-9-3-1-4-10-22)19-25(37-26)27(34)31-15-13-29(14-16-31)28(35)30-21-32(29)24-11-5-2-6-12-24/h1-6,9-12,19,23,26,33H,7-8,13-18,20-21H2,(H,30,35)/t23-,26+/m0/s1. The normalized spacial score (nSPS) is 22.9. The monoisotopic (exact) mass is 505 g/mol. The highest BCUT2D eigenvalue weighted by molar-refractivity contribution is 5.95. The van der Waals surface area contributed by atoms with Gasteiger partial charge >= 0.3 is 0 Å². The van der Waals surface area contributed by atoms with Gasteiger partial charge in [0.1, 0.15) is 5.54 Å². The van der Waals surface area contributed by atoms with Gasteiger partial charge in [0.2, 0.25) is 12.2 Å². The van der Waals surface area contributed by atoms with Crippen LogP contribution < -0.4 is 10.2 Å². The van der Waals surface area contributed by atoms with Crippen molar-refractivity contribution >= 4 is 17.5 Å². The van der Waals surface area contributed by atoms with E-state index in [1.807, 2.05) is 54.6 Å². The molecule has 0 aliphatic carbocycles. The molecule has 2 amide bonds. The second-order valence-corrected chi connectivity index (χ2v) is 9.88. The van der Waals surface area contributed by atoms with Crippen molar-refractivity contribution in [2.75, 3.05) is 37.9 Å². The molecule has 8 heteroatoms. The molecule has 0 radical (unpaired) electrons. The van der Waals surface area contributed by atoms with E-state index in [2.05, 4.69) is 22.3 Å². The number of benzene rings is 2. The summed E-state index contributed by atoms with van der Waals surface area (Å²) in [7, 11) is 0. The molecule has 0 unspecified atom stereocenters. The maximum absolute atomic E-state index is 13.6. The summed E-state index contributed by atoms with van der Waals surface area (Å²) in [6.45, 7) is 1.99. The fraction of sp³-hybridized carbons (Fsp3) is 0.448. The molecule has 2 N–H and O–H groups in total. The lowest BCUT2D eigenvalue weighted by atomic mass is 9.85. The molecule has 3 heterocycles. The number of piperidine rings is 1. The molecule has 5 rings (SSSR count). The number of nitrogens with one attached hydrogen (secondary N) is 1. The Hall–Kier alpha value is -3.36. The number of anilines is 1. The lowest BCUT2D eigenvalue weighted by Gasteiger charge is -2.43. The molecule has 37 heavy (non-hydrogen) atoms. The van der Waals surface area contributed by atoms with Crippen LogP contribution in [0.5, 0.6) is 0 Å². The van der Waals surface area contributed by atoms with Gasteiger partial charge in [0.05, 0.1) is 13.3 Å². The lowest BCUT2D eigenvalue weighted by molar-refractivity contribution is -0.154. The quantitative estimate of drug-likeness (QED) is 0.536. The van der Waals surface area contributed by atoms with Crippen molar-refractivity contribution in [2.45, 2.75) is 49.9 Å². The van der Waals surface area contributed by atoms with Gasteiger partial charge in [-0.1, -0.05) is 48.5 Å². The van der Waals surface area contributed by atoms with Crippen LogP contribution in [0.15, 0.2) is 72.5 Å². The van der Waals surface area contributed by atoms with Gasteiger partial charge in [0.25, 0.3) is 5.91 Å². The molecule has 2 fully saturated rings. The molecule has 2 atom stereocenters. The van der Waals surface area contributed by atoms with Crippen molar-refractivity contribution in [3.8, 4) is 0 Å². The number of hydrogen-bond acceptors (Lipinski definition) is 6. The summed E-state index contributed by atoms with van der Waals surface area (Å²) in [5.74, 6) is 0.169. The van der Waals surface area contributed by atoms with E-state index in [-0.39, 0.29) is 24.3 Å². The van der Waals surface area contributed by atoms with Crippen LogP contribution in [0.2, 0.25) is 0 Å². The maximum atomic E-state index is 13.6. The summed E-state index contributed by atoms with van der Waals surface area (Å²) in [6, 6.07) is 20.0.